The quantitative estimate of drug-likeness (QED) is 0.803. The molecule has 1 heterocycles. The predicted octanol–water partition coefficient (Wildman–Crippen LogP) is 3.18. The van der Waals surface area contributed by atoms with E-state index in [1.807, 2.05) is 0 Å². The molecule has 0 bridgehead atoms. The fourth-order valence-electron chi connectivity index (χ4n) is 2.84. The molecule has 126 valence electrons. The van der Waals surface area contributed by atoms with E-state index in [2.05, 4.69) is 0 Å². The van der Waals surface area contributed by atoms with E-state index in [-0.39, 0.29) is 23.1 Å². The Balaban J connectivity index is 1.55. The molecule has 5 nitrogen and oxygen atoms in total. The number of benzene rings is 2. The number of hydroxylamine groups is 2. The molecule has 0 saturated heterocycles. The van der Waals surface area contributed by atoms with Crippen molar-refractivity contribution in [2.24, 2.45) is 0 Å². The molecule has 0 N–H and O–H groups in total. The highest BCUT2D eigenvalue weighted by Crippen LogP contribution is 2.55. The molecule has 7 heteroatoms. The molecule has 1 saturated carbocycles. The van der Waals surface area contributed by atoms with Crippen molar-refractivity contribution in [3.8, 4) is 0 Å². The van der Waals surface area contributed by atoms with E-state index in [0.29, 0.717) is 10.6 Å². The molecular formula is C18H11F2NO4. The Hall–Kier alpha value is -3.09. The molecule has 1 aliphatic heterocycles. The van der Waals surface area contributed by atoms with Crippen molar-refractivity contribution in [3.63, 3.8) is 0 Å². The summed E-state index contributed by atoms with van der Waals surface area (Å²) in [5, 5.41) is 0.394. The molecule has 2 aromatic rings. The summed E-state index contributed by atoms with van der Waals surface area (Å²) in [6, 6.07) is 11.7. The minimum Gasteiger partial charge on any atom is -0.324 e. The Morgan fingerprint density at radius 1 is 1.04 bits per heavy atom. The average Bonchev–Trinajstić information content (AvgIpc) is 3.19. The molecule has 2 aliphatic rings. The molecule has 1 unspecified atom stereocenters. The summed E-state index contributed by atoms with van der Waals surface area (Å²) >= 11 is 0. The van der Waals surface area contributed by atoms with Crippen LogP contribution in [0.4, 0.5) is 8.78 Å². The first-order valence-corrected chi connectivity index (χ1v) is 7.56. The molecule has 0 aromatic heterocycles. The number of amides is 2. The third-order valence-electron chi connectivity index (χ3n) is 4.28. The van der Waals surface area contributed by atoms with E-state index in [1.165, 1.54) is 36.4 Å². The van der Waals surface area contributed by atoms with Crippen LogP contribution in [0.25, 0.3) is 0 Å². The second kappa shape index (κ2) is 5.20. The summed E-state index contributed by atoms with van der Waals surface area (Å²) in [5.74, 6) is -6.11. The van der Waals surface area contributed by atoms with Gasteiger partial charge in [0.25, 0.3) is 17.7 Å². The Labute approximate surface area is 140 Å². The van der Waals surface area contributed by atoms with E-state index in [9.17, 15) is 23.2 Å². The van der Waals surface area contributed by atoms with Crippen LogP contribution < -0.4 is 0 Å². The zero-order chi connectivity index (χ0) is 17.8. The van der Waals surface area contributed by atoms with Gasteiger partial charge in [-0.1, -0.05) is 29.3 Å². The maximum Gasteiger partial charge on any atom is 0.363 e. The van der Waals surface area contributed by atoms with E-state index in [0.717, 1.165) is 0 Å². The third kappa shape index (κ3) is 2.48. The number of carbonyl (C=O) groups excluding carboxylic acids is 3. The lowest BCUT2D eigenvalue weighted by atomic mass is 10.1. The highest BCUT2D eigenvalue weighted by atomic mass is 19.3. The van der Waals surface area contributed by atoms with Crippen molar-refractivity contribution in [2.45, 2.75) is 18.3 Å². The topological polar surface area (TPSA) is 63.7 Å². The van der Waals surface area contributed by atoms with Crippen LogP contribution in [0.3, 0.4) is 0 Å². The lowest BCUT2D eigenvalue weighted by Gasteiger charge is -2.13. The molecule has 4 rings (SSSR count). The van der Waals surface area contributed by atoms with Crippen LogP contribution in [0.15, 0.2) is 48.5 Å². The smallest absolute Gasteiger partial charge is 0.324 e. The standard InChI is InChI=1S/C18H11F2NO4/c19-18(20)9-14(18)10-4-3-5-11(8-10)17(24)25-21-15(22)12-6-1-2-7-13(12)16(21)23/h1-8,14H,9H2. The average molecular weight is 343 g/mol. The number of hydrogen-bond donors (Lipinski definition) is 0. The zero-order valence-corrected chi connectivity index (χ0v) is 12.7. The Morgan fingerprint density at radius 2 is 1.64 bits per heavy atom. The van der Waals surface area contributed by atoms with Crippen LogP contribution in [0, 0.1) is 0 Å². The summed E-state index contributed by atoms with van der Waals surface area (Å²) in [6.07, 6.45) is -0.260. The normalized spacial score (nSPS) is 20.4. The Kier molecular flexibility index (Phi) is 3.21. The monoisotopic (exact) mass is 343 g/mol. The lowest BCUT2D eigenvalue weighted by Crippen LogP contribution is -2.32. The van der Waals surface area contributed by atoms with Crippen molar-refractivity contribution in [3.05, 3.63) is 70.8 Å². The van der Waals surface area contributed by atoms with Gasteiger partial charge < -0.3 is 4.84 Å². The summed E-state index contributed by atoms with van der Waals surface area (Å²) in [7, 11) is 0. The molecule has 1 atom stereocenters. The van der Waals surface area contributed by atoms with Crippen LogP contribution in [-0.2, 0) is 4.84 Å². The van der Waals surface area contributed by atoms with Gasteiger partial charge in [-0.15, -0.1) is 0 Å². The van der Waals surface area contributed by atoms with Crippen LogP contribution in [0.2, 0.25) is 0 Å². The number of rotatable bonds is 3. The second-order valence-corrected chi connectivity index (χ2v) is 5.97. The number of halogens is 2. The van der Waals surface area contributed by atoms with Crippen molar-refractivity contribution in [2.75, 3.05) is 0 Å². The molecule has 1 fully saturated rings. The molecule has 0 radical (unpaired) electrons. The fraction of sp³-hybridized carbons (Fsp3) is 0.167. The van der Waals surface area contributed by atoms with E-state index in [1.54, 1.807) is 12.1 Å². The lowest BCUT2D eigenvalue weighted by molar-refractivity contribution is -0.0584. The van der Waals surface area contributed by atoms with E-state index >= 15 is 0 Å². The third-order valence-corrected chi connectivity index (χ3v) is 4.28. The van der Waals surface area contributed by atoms with Gasteiger partial charge in [0.1, 0.15) is 0 Å². The van der Waals surface area contributed by atoms with Crippen molar-refractivity contribution >= 4 is 17.8 Å². The predicted molar refractivity (Wildman–Crippen MR) is 81.1 cm³/mol. The Morgan fingerprint density at radius 3 is 2.20 bits per heavy atom. The van der Waals surface area contributed by atoms with Gasteiger partial charge in [0.2, 0.25) is 0 Å². The molecule has 2 amide bonds. The van der Waals surface area contributed by atoms with Gasteiger partial charge >= 0.3 is 5.97 Å². The molecule has 25 heavy (non-hydrogen) atoms. The Bertz CT molecular complexity index is 890. The summed E-state index contributed by atoms with van der Waals surface area (Å²) in [5.41, 5.74) is 0.608. The van der Waals surface area contributed by atoms with Gasteiger partial charge in [0, 0.05) is 6.42 Å². The minimum absolute atomic E-state index is 0.00300. The second-order valence-electron chi connectivity index (χ2n) is 5.97. The van der Waals surface area contributed by atoms with Gasteiger partial charge in [0.15, 0.2) is 0 Å². The highest BCUT2D eigenvalue weighted by Gasteiger charge is 2.57. The van der Waals surface area contributed by atoms with Crippen molar-refractivity contribution in [1.29, 1.82) is 0 Å². The van der Waals surface area contributed by atoms with Crippen LogP contribution in [0.1, 0.15) is 49.0 Å². The fourth-order valence-corrected chi connectivity index (χ4v) is 2.84. The summed E-state index contributed by atoms with van der Waals surface area (Å²) in [6.45, 7) is 0. The first-order valence-electron chi connectivity index (χ1n) is 7.56. The number of fused-ring (bicyclic) bond motifs is 1. The minimum atomic E-state index is -2.76. The van der Waals surface area contributed by atoms with Gasteiger partial charge in [-0.3, -0.25) is 9.59 Å². The van der Waals surface area contributed by atoms with Gasteiger partial charge in [0.05, 0.1) is 22.6 Å². The number of carbonyl (C=O) groups is 3. The van der Waals surface area contributed by atoms with Gasteiger partial charge in [-0.05, 0) is 29.8 Å². The summed E-state index contributed by atoms with van der Waals surface area (Å²) < 4.78 is 26.4. The first-order chi connectivity index (χ1) is 11.9. The van der Waals surface area contributed by atoms with Crippen LogP contribution in [0.5, 0.6) is 0 Å². The molecular weight excluding hydrogens is 332 g/mol. The van der Waals surface area contributed by atoms with Crippen LogP contribution >= 0.6 is 0 Å². The number of alkyl halides is 2. The van der Waals surface area contributed by atoms with E-state index in [4.69, 9.17) is 4.84 Å². The van der Waals surface area contributed by atoms with Gasteiger partial charge in [-0.25, -0.2) is 13.6 Å². The van der Waals surface area contributed by atoms with Crippen molar-refractivity contribution in [1.82, 2.24) is 5.06 Å². The maximum absolute atomic E-state index is 13.2. The molecule has 1 aliphatic carbocycles. The first kappa shape index (κ1) is 15.4. The van der Waals surface area contributed by atoms with Crippen LogP contribution in [-0.4, -0.2) is 28.8 Å². The van der Waals surface area contributed by atoms with E-state index < -0.39 is 29.6 Å². The number of hydrogen-bond acceptors (Lipinski definition) is 4. The van der Waals surface area contributed by atoms with Crippen molar-refractivity contribution < 1.29 is 28.0 Å². The number of imide groups is 1. The van der Waals surface area contributed by atoms with Gasteiger partial charge in [-0.2, -0.15) is 0 Å². The molecule has 2 aromatic carbocycles. The highest BCUT2D eigenvalue weighted by molar-refractivity contribution is 6.21. The largest absolute Gasteiger partial charge is 0.363 e. The zero-order valence-electron chi connectivity index (χ0n) is 12.7. The maximum atomic E-state index is 13.2. The molecule has 0 spiro atoms. The SMILES string of the molecule is O=C(ON1C(=O)c2ccccc2C1=O)c1cccc(C2CC2(F)F)c1. The number of nitrogens with zero attached hydrogens (tertiary/aromatic N) is 1. The summed E-state index contributed by atoms with van der Waals surface area (Å²) in [4.78, 5) is 41.5.